The van der Waals surface area contributed by atoms with Crippen LogP contribution in [0.1, 0.15) is 12.8 Å². The van der Waals surface area contributed by atoms with Gasteiger partial charge in [0.05, 0.1) is 19.3 Å². The quantitative estimate of drug-likeness (QED) is 0.610. The number of hydrogen-bond donors (Lipinski definition) is 1. The smallest absolute Gasteiger partial charge is 0.219 e. The van der Waals surface area contributed by atoms with Crippen LogP contribution in [0.15, 0.2) is 0 Å². The Morgan fingerprint density at radius 1 is 1.73 bits per heavy atom. The van der Waals surface area contributed by atoms with Gasteiger partial charge in [-0.25, -0.2) is 0 Å². The van der Waals surface area contributed by atoms with Crippen molar-refractivity contribution in [3.63, 3.8) is 0 Å². The highest BCUT2D eigenvalue weighted by Gasteiger charge is 2.15. The molecule has 1 atom stereocenters. The summed E-state index contributed by atoms with van der Waals surface area (Å²) in [6.45, 7) is 1.84. The number of nitrogens with two attached hydrogens (primary N) is 1. The number of hydrogen-bond acceptors (Lipinski definition) is 3. The molecule has 1 rings (SSSR count). The molecule has 1 unspecified atom stereocenters. The number of rotatable bonds is 4. The fraction of sp³-hybridized carbons (Fsp3) is 0.857. The first-order valence-electron chi connectivity index (χ1n) is 3.76. The van der Waals surface area contributed by atoms with E-state index in [1.165, 1.54) is 0 Å². The number of carbonyl (C=O) groups excluding carboxylic acids is 1. The maximum Gasteiger partial charge on any atom is 0.219 e. The summed E-state index contributed by atoms with van der Waals surface area (Å²) in [4.78, 5) is 10.3. The van der Waals surface area contributed by atoms with Gasteiger partial charge in [0.2, 0.25) is 5.91 Å². The van der Waals surface area contributed by atoms with E-state index in [0.717, 1.165) is 13.0 Å². The van der Waals surface area contributed by atoms with Gasteiger partial charge in [0, 0.05) is 13.0 Å². The van der Waals surface area contributed by atoms with Crippen molar-refractivity contribution in [1.82, 2.24) is 0 Å². The second kappa shape index (κ2) is 4.31. The molecule has 0 saturated carbocycles. The molecule has 1 aliphatic heterocycles. The molecular weight excluding hydrogens is 146 g/mol. The van der Waals surface area contributed by atoms with E-state index >= 15 is 0 Å². The minimum absolute atomic E-state index is 0.175. The van der Waals surface area contributed by atoms with Crippen molar-refractivity contribution in [2.45, 2.75) is 18.9 Å². The van der Waals surface area contributed by atoms with Crippen molar-refractivity contribution in [2.24, 2.45) is 5.73 Å². The highest BCUT2D eigenvalue weighted by molar-refractivity contribution is 5.73. The molecule has 64 valence electrons. The van der Waals surface area contributed by atoms with Crippen LogP contribution in [-0.4, -0.2) is 31.8 Å². The summed E-state index contributed by atoms with van der Waals surface area (Å²) in [5.74, 6) is -0.316. The summed E-state index contributed by atoms with van der Waals surface area (Å²) in [6, 6.07) is 0. The molecule has 4 heteroatoms. The molecule has 0 bridgehead atoms. The fourth-order valence-corrected chi connectivity index (χ4v) is 0.971. The van der Waals surface area contributed by atoms with Gasteiger partial charge in [-0.2, -0.15) is 0 Å². The zero-order valence-corrected chi connectivity index (χ0v) is 6.41. The van der Waals surface area contributed by atoms with Crippen molar-refractivity contribution >= 4 is 5.91 Å². The third-order valence-corrected chi connectivity index (χ3v) is 1.59. The van der Waals surface area contributed by atoms with Crippen LogP contribution >= 0.6 is 0 Å². The molecule has 1 fully saturated rings. The second-order valence-electron chi connectivity index (χ2n) is 2.57. The summed E-state index contributed by atoms with van der Waals surface area (Å²) in [7, 11) is 0. The lowest BCUT2D eigenvalue weighted by Gasteiger charge is -2.07. The molecule has 2 N–H and O–H groups in total. The van der Waals surface area contributed by atoms with Gasteiger partial charge in [0.15, 0.2) is 0 Å². The van der Waals surface area contributed by atoms with Gasteiger partial charge in [-0.3, -0.25) is 4.79 Å². The Labute approximate surface area is 65.7 Å². The van der Waals surface area contributed by atoms with E-state index in [9.17, 15) is 4.79 Å². The molecule has 0 aromatic rings. The molecule has 0 spiro atoms. The van der Waals surface area contributed by atoms with Gasteiger partial charge in [-0.05, 0) is 6.42 Å². The van der Waals surface area contributed by atoms with Crippen LogP contribution in [0.3, 0.4) is 0 Å². The Morgan fingerprint density at radius 3 is 3.09 bits per heavy atom. The Bertz CT molecular complexity index is 132. The van der Waals surface area contributed by atoms with Gasteiger partial charge in [0.1, 0.15) is 0 Å². The minimum Gasteiger partial charge on any atom is -0.379 e. The van der Waals surface area contributed by atoms with Gasteiger partial charge >= 0.3 is 0 Å². The van der Waals surface area contributed by atoms with Gasteiger partial charge in [-0.15, -0.1) is 0 Å². The monoisotopic (exact) mass is 159 g/mol. The van der Waals surface area contributed by atoms with E-state index in [1.54, 1.807) is 0 Å². The summed E-state index contributed by atoms with van der Waals surface area (Å²) < 4.78 is 10.4. The van der Waals surface area contributed by atoms with Crippen LogP contribution in [0, 0.1) is 0 Å². The SMILES string of the molecule is NC(=O)CCOC1CCOC1. The standard InChI is InChI=1S/C7H13NO3/c8-7(9)2-4-11-6-1-3-10-5-6/h6H,1-5H2,(H2,8,9). The van der Waals surface area contributed by atoms with Crippen LogP contribution in [0.2, 0.25) is 0 Å². The predicted octanol–water partition coefficient (Wildman–Crippen LogP) is -0.333. The highest BCUT2D eigenvalue weighted by atomic mass is 16.5. The molecule has 0 aromatic heterocycles. The number of amides is 1. The van der Waals surface area contributed by atoms with E-state index in [0.29, 0.717) is 19.6 Å². The fourth-order valence-electron chi connectivity index (χ4n) is 0.971. The molecule has 0 aromatic carbocycles. The first kappa shape index (κ1) is 8.49. The number of primary amides is 1. The van der Waals surface area contributed by atoms with Gasteiger partial charge in [-0.1, -0.05) is 0 Å². The van der Waals surface area contributed by atoms with E-state index < -0.39 is 0 Å². The first-order chi connectivity index (χ1) is 5.29. The summed E-state index contributed by atoms with van der Waals surface area (Å²) >= 11 is 0. The van der Waals surface area contributed by atoms with Crippen molar-refractivity contribution in [3.8, 4) is 0 Å². The first-order valence-corrected chi connectivity index (χ1v) is 3.76. The van der Waals surface area contributed by atoms with Crippen molar-refractivity contribution in [1.29, 1.82) is 0 Å². The normalized spacial score (nSPS) is 23.8. The largest absolute Gasteiger partial charge is 0.379 e. The summed E-state index contributed by atoms with van der Waals surface area (Å²) in [5.41, 5.74) is 4.93. The van der Waals surface area contributed by atoms with E-state index in [4.69, 9.17) is 15.2 Å². The third kappa shape index (κ3) is 3.34. The molecule has 4 nitrogen and oxygen atoms in total. The maximum absolute atomic E-state index is 10.3. The lowest BCUT2D eigenvalue weighted by atomic mass is 10.3. The maximum atomic E-state index is 10.3. The van der Waals surface area contributed by atoms with E-state index in [1.807, 2.05) is 0 Å². The minimum atomic E-state index is -0.316. The van der Waals surface area contributed by atoms with Gasteiger partial charge < -0.3 is 15.2 Å². The van der Waals surface area contributed by atoms with Crippen molar-refractivity contribution in [3.05, 3.63) is 0 Å². The molecule has 1 amide bonds. The lowest BCUT2D eigenvalue weighted by molar-refractivity contribution is -0.119. The van der Waals surface area contributed by atoms with Crippen LogP contribution in [-0.2, 0) is 14.3 Å². The van der Waals surface area contributed by atoms with Gasteiger partial charge in [0.25, 0.3) is 0 Å². The Hall–Kier alpha value is -0.610. The third-order valence-electron chi connectivity index (χ3n) is 1.59. The second-order valence-corrected chi connectivity index (χ2v) is 2.57. The molecule has 0 radical (unpaired) electrons. The van der Waals surface area contributed by atoms with E-state index in [-0.39, 0.29) is 12.0 Å². The van der Waals surface area contributed by atoms with Crippen LogP contribution in [0.5, 0.6) is 0 Å². The van der Waals surface area contributed by atoms with Crippen molar-refractivity contribution < 1.29 is 14.3 Å². The molecular formula is C7H13NO3. The van der Waals surface area contributed by atoms with Crippen LogP contribution in [0.25, 0.3) is 0 Å². The Morgan fingerprint density at radius 2 is 2.55 bits per heavy atom. The molecule has 1 saturated heterocycles. The zero-order chi connectivity index (χ0) is 8.10. The highest BCUT2D eigenvalue weighted by Crippen LogP contribution is 2.07. The average molecular weight is 159 g/mol. The molecule has 11 heavy (non-hydrogen) atoms. The average Bonchev–Trinajstić information content (AvgIpc) is 2.39. The topological polar surface area (TPSA) is 61.6 Å². The molecule has 1 aliphatic rings. The van der Waals surface area contributed by atoms with Crippen LogP contribution in [0.4, 0.5) is 0 Å². The molecule has 1 heterocycles. The van der Waals surface area contributed by atoms with Crippen molar-refractivity contribution in [2.75, 3.05) is 19.8 Å². The number of carbonyl (C=O) groups is 1. The predicted molar refractivity (Wildman–Crippen MR) is 39.0 cm³/mol. The Kier molecular flexibility index (Phi) is 3.32. The lowest BCUT2D eigenvalue weighted by Crippen LogP contribution is -2.18. The zero-order valence-electron chi connectivity index (χ0n) is 6.41. The summed E-state index contributed by atoms with van der Waals surface area (Å²) in [5, 5.41) is 0. The Balaban J connectivity index is 1.98. The van der Waals surface area contributed by atoms with Crippen LogP contribution < -0.4 is 5.73 Å². The molecule has 0 aliphatic carbocycles. The van der Waals surface area contributed by atoms with E-state index in [2.05, 4.69) is 0 Å². The summed E-state index contributed by atoms with van der Waals surface area (Å²) in [6.07, 6.45) is 1.41. The number of ether oxygens (including phenoxy) is 2.